The minimum atomic E-state index is -2.77. The van der Waals surface area contributed by atoms with Gasteiger partial charge < -0.3 is 41.5 Å². The average molecular weight is 604 g/mol. The number of hydrogen-bond acceptors (Lipinski definition) is 14. The Labute approximate surface area is 240 Å². The molecule has 1 amide bonds. The summed E-state index contributed by atoms with van der Waals surface area (Å²) in [5.41, 5.74) is 0.863. The Morgan fingerprint density at radius 3 is 2.57 bits per heavy atom. The van der Waals surface area contributed by atoms with Crippen molar-refractivity contribution in [2.45, 2.75) is 24.6 Å². The molecule has 0 bridgehead atoms. The number of fused-ring (bicyclic) bond motifs is 1. The Morgan fingerprint density at radius 2 is 1.88 bits per heavy atom. The van der Waals surface area contributed by atoms with E-state index in [2.05, 4.69) is 36.6 Å². The van der Waals surface area contributed by atoms with E-state index >= 15 is 0 Å². The maximum Gasteiger partial charge on any atom is 0.322 e. The van der Waals surface area contributed by atoms with Crippen LogP contribution in [0.15, 0.2) is 52.4 Å². The molecule has 2 aliphatic heterocycles. The summed E-state index contributed by atoms with van der Waals surface area (Å²) in [6.07, 6.45) is -3.79. The van der Waals surface area contributed by atoms with Crippen molar-refractivity contribution in [1.29, 1.82) is 0 Å². The standard InChI is InChI=1S/C25H29N7O9S/c33-14-6-12(5-13(7-14)30-25-28-8-15(34)9-29-25)22(36)27-11-19(35)26-10-18(24(38)39)32-23(37)20-21(42(40)41)16-3-1-2-4-17(16)31-20/h1-7,15,18,22-23,27,32-34,36-37H,8-11H2,(H,26,35)(H,38,39)(H2,28,29,30). The van der Waals surface area contributed by atoms with E-state index in [1.54, 1.807) is 18.2 Å². The van der Waals surface area contributed by atoms with Crippen molar-refractivity contribution >= 4 is 50.1 Å². The number of nitrogens with one attached hydrogen (secondary N) is 5. The summed E-state index contributed by atoms with van der Waals surface area (Å²) in [6, 6.07) is 8.90. The van der Waals surface area contributed by atoms with Crippen LogP contribution in [-0.2, 0) is 19.9 Å². The maximum absolute atomic E-state index is 12.4. The predicted molar refractivity (Wildman–Crippen MR) is 151 cm³/mol. The Kier molecular flexibility index (Phi) is 9.84. The molecule has 0 fully saturated rings. The Morgan fingerprint density at radius 1 is 1.12 bits per heavy atom. The van der Waals surface area contributed by atoms with Crippen LogP contribution in [0, 0.1) is 0 Å². The number of aromatic hydroxyl groups is 1. The number of para-hydroxylation sites is 1. The maximum atomic E-state index is 12.4. The SMILES string of the molecule is O=C(CNC(O)c1cc(O)cc(NC2=NCC(O)CN2)c1)NCC(NC(O)C1=Nc2ccccc2C1=S(=O)=O)C(=O)O. The Bertz CT molecular complexity index is 1550. The molecule has 224 valence electrons. The van der Waals surface area contributed by atoms with Crippen molar-refractivity contribution in [3.05, 3.63) is 53.6 Å². The van der Waals surface area contributed by atoms with Crippen LogP contribution >= 0.6 is 0 Å². The first kappa shape index (κ1) is 30.6. The van der Waals surface area contributed by atoms with E-state index in [1.807, 2.05) is 0 Å². The number of carbonyl (C=O) groups excluding carboxylic acids is 1. The highest BCUT2D eigenvalue weighted by Gasteiger charge is 2.32. The number of aliphatic imine (C=N–C) groups is 2. The molecule has 4 atom stereocenters. The minimum absolute atomic E-state index is 0.179. The van der Waals surface area contributed by atoms with Gasteiger partial charge in [0.15, 0.2) is 12.2 Å². The van der Waals surface area contributed by atoms with Crippen molar-refractivity contribution < 1.29 is 43.5 Å². The molecule has 2 aliphatic rings. The molecule has 2 heterocycles. The molecule has 0 aromatic heterocycles. The first-order chi connectivity index (χ1) is 20.0. The van der Waals surface area contributed by atoms with E-state index in [9.17, 15) is 43.5 Å². The van der Waals surface area contributed by atoms with Gasteiger partial charge in [0, 0.05) is 36.0 Å². The molecule has 4 unspecified atom stereocenters. The molecule has 0 saturated carbocycles. The fraction of sp³-hybridized carbons (Fsp3) is 0.320. The number of phenolic OH excluding ortho intramolecular Hbond substituents is 1. The summed E-state index contributed by atoms with van der Waals surface area (Å²) in [7, 11) is -2.77. The fourth-order valence-corrected chi connectivity index (χ4v) is 4.81. The van der Waals surface area contributed by atoms with E-state index in [0.717, 1.165) is 0 Å². The molecule has 0 saturated heterocycles. The van der Waals surface area contributed by atoms with Gasteiger partial charge in [0.2, 0.25) is 16.2 Å². The molecule has 0 spiro atoms. The number of anilines is 1. The summed E-state index contributed by atoms with van der Waals surface area (Å²) < 4.78 is 23.6. The highest BCUT2D eigenvalue weighted by Crippen LogP contribution is 2.27. The van der Waals surface area contributed by atoms with Gasteiger partial charge in [-0.25, -0.2) is 4.99 Å². The van der Waals surface area contributed by atoms with E-state index in [-0.39, 0.29) is 40.5 Å². The number of nitrogens with zero attached hydrogens (tertiary/aromatic N) is 2. The minimum Gasteiger partial charge on any atom is -0.508 e. The summed E-state index contributed by atoms with van der Waals surface area (Å²) in [6.45, 7) is -0.461. The molecule has 2 aromatic rings. The molecular formula is C25H29N7O9S. The highest BCUT2D eigenvalue weighted by atomic mass is 32.2. The van der Waals surface area contributed by atoms with Gasteiger partial charge in [-0.3, -0.25) is 25.2 Å². The van der Waals surface area contributed by atoms with Crippen LogP contribution < -0.4 is 26.6 Å². The number of aliphatic hydroxyl groups is 3. The molecule has 0 radical (unpaired) electrons. The third kappa shape index (κ3) is 7.66. The van der Waals surface area contributed by atoms with Gasteiger partial charge in [0.25, 0.3) is 0 Å². The average Bonchev–Trinajstić information content (AvgIpc) is 3.35. The second kappa shape index (κ2) is 13.5. The summed E-state index contributed by atoms with van der Waals surface area (Å²) >= 11 is 0. The number of aliphatic carboxylic acids is 1. The second-order valence-electron chi connectivity index (χ2n) is 9.29. The number of amides is 1. The number of carbonyl (C=O) groups is 2. The lowest BCUT2D eigenvalue weighted by molar-refractivity contribution is -0.140. The molecule has 17 heteroatoms. The zero-order valence-electron chi connectivity index (χ0n) is 21.9. The van der Waals surface area contributed by atoms with Crippen LogP contribution in [0.25, 0.3) is 0 Å². The normalized spacial score (nSPS) is 18.1. The predicted octanol–water partition coefficient (Wildman–Crippen LogP) is -2.63. The van der Waals surface area contributed by atoms with E-state index in [0.29, 0.717) is 17.3 Å². The van der Waals surface area contributed by atoms with Gasteiger partial charge in [-0.1, -0.05) is 18.2 Å². The Balaban J connectivity index is 1.31. The van der Waals surface area contributed by atoms with Crippen molar-refractivity contribution in [2.24, 2.45) is 9.98 Å². The number of carboxylic acid groups (broad SMARTS) is 1. The fourth-order valence-electron chi connectivity index (χ4n) is 4.13. The largest absolute Gasteiger partial charge is 0.508 e. The summed E-state index contributed by atoms with van der Waals surface area (Å²) in [5.74, 6) is -1.95. The van der Waals surface area contributed by atoms with Gasteiger partial charge in [-0.05, 0) is 18.2 Å². The molecule has 0 aliphatic carbocycles. The number of aliphatic hydroxyl groups excluding tert-OH is 3. The lowest BCUT2D eigenvalue weighted by Crippen LogP contribution is -2.54. The van der Waals surface area contributed by atoms with E-state index in [1.165, 1.54) is 24.3 Å². The first-order valence-electron chi connectivity index (χ1n) is 12.6. The molecule has 2 aromatic carbocycles. The number of hydrogen-bond donors (Lipinski definition) is 10. The molecule has 16 nitrogen and oxygen atoms in total. The van der Waals surface area contributed by atoms with Crippen LogP contribution in [0.2, 0.25) is 0 Å². The van der Waals surface area contributed by atoms with E-state index < -0.39 is 59.9 Å². The van der Waals surface area contributed by atoms with Crippen LogP contribution in [0.4, 0.5) is 11.4 Å². The van der Waals surface area contributed by atoms with E-state index in [4.69, 9.17) is 0 Å². The zero-order chi connectivity index (χ0) is 30.4. The molecule has 42 heavy (non-hydrogen) atoms. The van der Waals surface area contributed by atoms with Gasteiger partial charge in [-0.2, -0.15) is 8.42 Å². The van der Waals surface area contributed by atoms with Crippen LogP contribution in [0.5, 0.6) is 5.75 Å². The lowest BCUT2D eigenvalue weighted by Gasteiger charge is -2.21. The highest BCUT2D eigenvalue weighted by molar-refractivity contribution is 7.75. The monoisotopic (exact) mass is 603 g/mol. The molecule has 4 rings (SSSR count). The number of phenols is 1. The van der Waals surface area contributed by atoms with Crippen molar-refractivity contribution in [3.8, 4) is 5.75 Å². The quantitative estimate of drug-likeness (QED) is 0.0933. The number of rotatable bonds is 11. The van der Waals surface area contributed by atoms with Gasteiger partial charge in [0.05, 0.1) is 24.9 Å². The smallest absolute Gasteiger partial charge is 0.322 e. The third-order valence-electron chi connectivity index (χ3n) is 6.15. The third-order valence-corrected chi connectivity index (χ3v) is 6.91. The second-order valence-corrected chi connectivity index (χ2v) is 10.2. The number of β-amino-alcohol motifs (C(OH)–C–C–N with tert-alkyl or cyclic N) is 1. The topological polar surface area (TPSA) is 254 Å². The summed E-state index contributed by atoms with van der Waals surface area (Å²) in [4.78, 5) is 32.1. The van der Waals surface area contributed by atoms with Crippen LogP contribution in [0.1, 0.15) is 17.4 Å². The van der Waals surface area contributed by atoms with Gasteiger partial charge >= 0.3 is 5.97 Å². The number of carboxylic acids is 1. The zero-order valence-corrected chi connectivity index (χ0v) is 22.7. The van der Waals surface area contributed by atoms with Crippen molar-refractivity contribution in [2.75, 3.05) is 31.5 Å². The van der Waals surface area contributed by atoms with Crippen LogP contribution in [0.3, 0.4) is 0 Å². The Hall–Kier alpha value is -4.39. The van der Waals surface area contributed by atoms with Gasteiger partial charge in [-0.15, -0.1) is 0 Å². The van der Waals surface area contributed by atoms with Crippen molar-refractivity contribution in [3.63, 3.8) is 0 Å². The van der Waals surface area contributed by atoms with Gasteiger partial charge in [0.1, 0.15) is 28.6 Å². The first-order valence-corrected chi connectivity index (χ1v) is 13.7. The van der Waals surface area contributed by atoms with Crippen LogP contribution in [-0.4, -0.2) is 107 Å². The van der Waals surface area contributed by atoms with Crippen molar-refractivity contribution in [1.82, 2.24) is 21.3 Å². The number of benzene rings is 2. The molecular weight excluding hydrogens is 574 g/mol. The summed E-state index contributed by atoms with van der Waals surface area (Å²) in [5, 5.41) is 63.3. The number of guanidine groups is 1. The molecule has 10 N–H and O–H groups in total. The lowest BCUT2D eigenvalue weighted by atomic mass is 10.1.